The molecule has 0 aliphatic carbocycles. The van der Waals surface area contributed by atoms with E-state index in [2.05, 4.69) is 137 Å². The molecule has 0 radical (unpaired) electrons. The van der Waals surface area contributed by atoms with E-state index in [0.29, 0.717) is 10.0 Å². The zero-order chi connectivity index (χ0) is 31.5. The smallest absolute Gasteiger partial charge is 0.325 e. The molecule has 1 heterocycles. The van der Waals surface area contributed by atoms with Crippen LogP contribution in [-0.4, -0.2) is 13.1 Å². The van der Waals surface area contributed by atoms with E-state index in [9.17, 15) is 0 Å². The van der Waals surface area contributed by atoms with Crippen molar-refractivity contribution in [3.05, 3.63) is 152 Å². The quantitative estimate of drug-likeness (QED) is 0.106. The number of anilines is 2. The van der Waals surface area contributed by atoms with Crippen LogP contribution < -0.4 is 20.4 Å². The normalized spacial score (nSPS) is 14.2. The fourth-order valence-electron chi connectivity index (χ4n) is 6.48. The van der Waals surface area contributed by atoms with Crippen molar-refractivity contribution >= 4 is 53.1 Å². The second-order valence-electron chi connectivity index (χ2n) is 11.8. The van der Waals surface area contributed by atoms with Crippen LogP contribution >= 0.6 is 31.1 Å². The second-order valence-corrected chi connectivity index (χ2v) is 14.7. The Hall–Kier alpha value is -2.67. The molecule has 6 heteroatoms. The molecule has 0 spiro atoms. The van der Waals surface area contributed by atoms with Crippen LogP contribution in [-0.2, 0) is 19.5 Å². The van der Waals surface area contributed by atoms with Crippen LogP contribution in [0.2, 0.25) is 10.0 Å². The Balaban J connectivity index is 0.00000461. The third kappa shape index (κ3) is 7.84. The molecule has 0 N–H and O–H groups in total. The molecule has 2 nitrogen and oxygen atoms in total. The van der Waals surface area contributed by atoms with Crippen molar-refractivity contribution in [3.63, 3.8) is 0 Å². The van der Waals surface area contributed by atoms with E-state index in [1.807, 2.05) is 18.2 Å². The van der Waals surface area contributed by atoms with Gasteiger partial charge in [-0.3, -0.25) is 0 Å². The van der Waals surface area contributed by atoms with E-state index in [0.717, 1.165) is 18.4 Å². The summed E-state index contributed by atoms with van der Waals surface area (Å²) in [5.41, 5.74) is 11.6. The van der Waals surface area contributed by atoms with Crippen molar-refractivity contribution in [3.8, 4) is 0 Å². The monoisotopic (exact) mass is 740 g/mol. The third-order valence-electron chi connectivity index (χ3n) is 8.09. The minimum Gasteiger partial charge on any atom is -0.325 e. The Morgan fingerprint density at radius 1 is 0.711 bits per heavy atom. The maximum absolute atomic E-state index is 6.73. The number of nitrogens with zero attached hydrogens (tertiary/aromatic N) is 2. The number of benzene rings is 4. The van der Waals surface area contributed by atoms with E-state index < -0.39 is 7.92 Å². The summed E-state index contributed by atoms with van der Waals surface area (Å²) in [4.78, 5) is 5.01. The van der Waals surface area contributed by atoms with Crippen molar-refractivity contribution in [2.24, 2.45) is 0 Å². The van der Waals surface area contributed by atoms with Gasteiger partial charge in [0.15, 0.2) is 0 Å². The zero-order valence-corrected chi connectivity index (χ0v) is 31.2. The number of aryl methyl sites for hydroxylation is 6. The summed E-state index contributed by atoms with van der Waals surface area (Å²) in [7, 11) is -0.830. The second kappa shape index (κ2) is 15.3. The van der Waals surface area contributed by atoms with Crippen molar-refractivity contribution < 1.29 is 19.5 Å². The predicted octanol–water partition coefficient (Wildman–Crippen LogP) is 10.6. The first-order valence-corrected chi connectivity index (χ1v) is 17.3. The molecule has 4 aromatic carbocycles. The number of rotatable bonds is 7. The van der Waals surface area contributed by atoms with Gasteiger partial charge in [-0.1, -0.05) is 119 Å². The molecule has 0 saturated carbocycles. The molecule has 4 aromatic rings. The summed E-state index contributed by atoms with van der Waals surface area (Å²) in [5.74, 6) is 3.48. The van der Waals surface area contributed by atoms with Gasteiger partial charge in [0.05, 0.1) is 10.0 Å². The minimum absolute atomic E-state index is 0. The summed E-state index contributed by atoms with van der Waals surface area (Å²) >= 11 is 13.2. The molecule has 0 amide bonds. The fraction of sp³-hybridized carbons (Fsp3) is 0.231. The van der Waals surface area contributed by atoms with Crippen LogP contribution in [0.4, 0.5) is 11.4 Å². The molecule has 45 heavy (non-hydrogen) atoms. The Bertz CT molecular complexity index is 1660. The van der Waals surface area contributed by atoms with Crippen LogP contribution in [0.15, 0.2) is 108 Å². The van der Waals surface area contributed by atoms with E-state index in [1.165, 1.54) is 61.5 Å². The zero-order valence-electron chi connectivity index (χ0n) is 27.1. The molecule has 232 valence electrons. The molecule has 1 saturated heterocycles. The first kappa shape index (κ1) is 35.2. The topological polar surface area (TPSA) is 6.48 Å². The van der Waals surface area contributed by atoms with Crippen LogP contribution in [0.25, 0.3) is 0 Å². The Morgan fingerprint density at radius 2 is 1.22 bits per heavy atom. The van der Waals surface area contributed by atoms with Gasteiger partial charge in [0, 0.05) is 29.8 Å². The summed E-state index contributed by atoms with van der Waals surface area (Å²) in [6.45, 7) is 17.3. The van der Waals surface area contributed by atoms with Crippen LogP contribution in [0.3, 0.4) is 0 Å². The summed E-state index contributed by atoms with van der Waals surface area (Å²) in [5, 5.41) is 3.50. The Kier molecular flexibility index (Phi) is 12.0. The van der Waals surface area contributed by atoms with Gasteiger partial charge < -0.3 is 9.80 Å². The van der Waals surface area contributed by atoms with Gasteiger partial charge in [0.1, 0.15) is 5.82 Å². The fourth-order valence-corrected chi connectivity index (χ4v) is 9.07. The van der Waals surface area contributed by atoms with Gasteiger partial charge in [0.25, 0.3) is 0 Å². The van der Waals surface area contributed by atoms with Gasteiger partial charge in [-0.05, 0) is 102 Å². The van der Waals surface area contributed by atoms with Crippen LogP contribution in [0, 0.1) is 41.5 Å². The predicted molar refractivity (Wildman–Crippen MR) is 196 cm³/mol. The van der Waals surface area contributed by atoms with Crippen LogP contribution in [0.1, 0.15) is 40.3 Å². The van der Waals surface area contributed by atoms with Crippen LogP contribution in [0.5, 0.6) is 0 Å². The SMILES string of the molecule is CC(=CC=CP(c1ccccc1)c1cccc(Cl)c1Cl)C=C1N(c2c(C)cc(C)cc2C)CCN1c1c(C)cc(C)cc1C.[Ru+2]. The number of allylic oxidation sites excluding steroid dienone is 4. The van der Waals surface area contributed by atoms with E-state index in [-0.39, 0.29) is 19.5 Å². The number of hydrogen-bond acceptors (Lipinski definition) is 2. The first-order chi connectivity index (χ1) is 21.0. The Labute approximate surface area is 294 Å². The van der Waals surface area contributed by atoms with E-state index >= 15 is 0 Å². The van der Waals surface area contributed by atoms with Gasteiger partial charge in [0.2, 0.25) is 0 Å². The molecule has 1 atom stereocenters. The molecule has 1 unspecified atom stereocenters. The van der Waals surface area contributed by atoms with Gasteiger partial charge >= 0.3 is 19.5 Å². The molecule has 1 aliphatic rings. The summed E-state index contributed by atoms with van der Waals surface area (Å²) in [6, 6.07) is 25.6. The Morgan fingerprint density at radius 3 is 1.73 bits per heavy atom. The summed E-state index contributed by atoms with van der Waals surface area (Å²) < 4.78 is 0. The molecule has 5 rings (SSSR count). The maximum atomic E-state index is 6.73. The van der Waals surface area contributed by atoms with E-state index in [4.69, 9.17) is 23.2 Å². The number of hydrogen-bond donors (Lipinski definition) is 0. The van der Waals surface area contributed by atoms with Gasteiger partial charge in [-0.25, -0.2) is 0 Å². The standard InChI is InChI=1S/C39H41Cl2N2P.Ru/c1-26(13-12-20-44(33-14-9-8-10-15-33)35-17-11-16-34(40)37(35)41)25-36-42(38-29(4)21-27(2)22-30(38)5)18-19-43(36)39-31(6)23-28(3)24-32(39)7;/h8-17,20-25H,18-19H2,1-7H3;/q;+2. The maximum Gasteiger partial charge on any atom is 2.00 e. The van der Waals surface area contributed by atoms with Crippen molar-refractivity contribution in [1.82, 2.24) is 0 Å². The van der Waals surface area contributed by atoms with Crippen molar-refractivity contribution in [2.45, 2.75) is 48.5 Å². The first-order valence-electron chi connectivity index (χ1n) is 15.1. The van der Waals surface area contributed by atoms with E-state index in [1.54, 1.807) is 0 Å². The average molecular weight is 741 g/mol. The molecule has 0 aromatic heterocycles. The molecule has 1 fully saturated rings. The van der Waals surface area contributed by atoms with Crippen molar-refractivity contribution in [2.75, 3.05) is 22.9 Å². The largest absolute Gasteiger partial charge is 2.00 e. The van der Waals surface area contributed by atoms with Gasteiger partial charge in [-0.15, -0.1) is 0 Å². The third-order valence-corrected chi connectivity index (χ3v) is 11.3. The summed E-state index contributed by atoms with van der Waals surface area (Å²) in [6.07, 6.45) is 6.73. The molecular formula is C39H41Cl2N2PRu+2. The molecule has 1 aliphatic heterocycles. The minimum atomic E-state index is -0.830. The van der Waals surface area contributed by atoms with Gasteiger partial charge in [-0.2, -0.15) is 0 Å². The molecular weight excluding hydrogens is 699 g/mol. The number of halogens is 2. The average Bonchev–Trinajstić information content (AvgIpc) is 3.34. The molecule has 0 bridgehead atoms. The van der Waals surface area contributed by atoms with Crippen molar-refractivity contribution in [1.29, 1.82) is 0 Å².